The van der Waals surface area contributed by atoms with Crippen LogP contribution < -0.4 is 0 Å². The molecule has 0 aromatic heterocycles. The third-order valence-corrected chi connectivity index (χ3v) is 5.72. The van der Waals surface area contributed by atoms with Crippen molar-refractivity contribution >= 4 is 5.91 Å². The Kier molecular flexibility index (Phi) is 6.81. The number of carbonyl (C=O) groups is 1. The minimum atomic E-state index is -4.39. The number of rotatable bonds is 3. The van der Waals surface area contributed by atoms with E-state index in [0.717, 1.165) is 12.1 Å². The van der Waals surface area contributed by atoms with Gasteiger partial charge in [0.2, 0.25) is 0 Å². The molecule has 0 spiro atoms. The van der Waals surface area contributed by atoms with Gasteiger partial charge >= 0.3 is 6.18 Å². The summed E-state index contributed by atoms with van der Waals surface area (Å²) in [6.07, 6.45) is -4.39. The summed E-state index contributed by atoms with van der Waals surface area (Å²) in [5, 5.41) is 0. The molecule has 0 N–H and O–H groups in total. The minimum Gasteiger partial charge on any atom is -0.329 e. The Hall–Kier alpha value is -3.56. The predicted molar refractivity (Wildman–Crippen MR) is 121 cm³/mol. The molecule has 0 aliphatic carbocycles. The van der Waals surface area contributed by atoms with Gasteiger partial charge in [-0.1, -0.05) is 66.6 Å². The molecule has 1 amide bonds. The summed E-state index contributed by atoms with van der Waals surface area (Å²) in [6.45, 7) is 2.47. The highest BCUT2D eigenvalue weighted by atomic mass is 19.4. The lowest BCUT2D eigenvalue weighted by molar-refractivity contribution is -0.137. The fraction of sp³-hybridized carbons (Fsp3) is 0.222. The average molecular weight is 448 g/mol. The van der Waals surface area contributed by atoms with E-state index in [0.29, 0.717) is 31.7 Å². The van der Waals surface area contributed by atoms with Gasteiger partial charge in [-0.15, -0.1) is 0 Å². The monoisotopic (exact) mass is 448 g/mol. The molecule has 1 aliphatic rings. The summed E-state index contributed by atoms with van der Waals surface area (Å²) in [5.74, 6) is 4.94. The highest BCUT2D eigenvalue weighted by molar-refractivity contribution is 5.94. The van der Waals surface area contributed by atoms with E-state index in [1.807, 2.05) is 36.4 Å². The van der Waals surface area contributed by atoms with Crippen LogP contribution in [0.15, 0.2) is 84.9 Å². The van der Waals surface area contributed by atoms with Gasteiger partial charge in [0, 0.05) is 37.7 Å². The van der Waals surface area contributed by atoms with Crippen molar-refractivity contribution in [1.82, 2.24) is 9.80 Å². The molecule has 4 rings (SSSR count). The van der Waals surface area contributed by atoms with Gasteiger partial charge < -0.3 is 4.90 Å². The lowest BCUT2D eigenvalue weighted by Crippen LogP contribution is -2.49. The topological polar surface area (TPSA) is 23.6 Å². The van der Waals surface area contributed by atoms with Crippen LogP contribution in [0.1, 0.15) is 28.3 Å². The first-order valence-electron chi connectivity index (χ1n) is 10.7. The van der Waals surface area contributed by atoms with Crippen molar-refractivity contribution < 1.29 is 18.0 Å². The first kappa shape index (κ1) is 22.6. The number of halogens is 3. The Labute approximate surface area is 191 Å². The number of benzene rings is 3. The van der Waals surface area contributed by atoms with Crippen LogP contribution >= 0.6 is 0 Å². The molecule has 1 fully saturated rings. The molecule has 33 heavy (non-hydrogen) atoms. The molecule has 1 saturated heterocycles. The average Bonchev–Trinajstić information content (AvgIpc) is 2.84. The number of alkyl halides is 3. The molecule has 0 bridgehead atoms. The van der Waals surface area contributed by atoms with Crippen molar-refractivity contribution in [2.75, 3.05) is 26.2 Å². The quantitative estimate of drug-likeness (QED) is 0.527. The first-order chi connectivity index (χ1) is 15.9. The molecule has 3 aromatic rings. The second-order valence-corrected chi connectivity index (χ2v) is 7.88. The summed E-state index contributed by atoms with van der Waals surface area (Å²) in [6, 6.07) is 25.2. The fourth-order valence-corrected chi connectivity index (χ4v) is 4.02. The number of hydrogen-bond donors (Lipinski definition) is 0. The summed E-state index contributed by atoms with van der Waals surface area (Å²) in [4.78, 5) is 16.6. The van der Waals surface area contributed by atoms with Crippen LogP contribution in [-0.4, -0.2) is 41.9 Å². The summed E-state index contributed by atoms with van der Waals surface area (Å²) in [7, 11) is 0. The van der Waals surface area contributed by atoms with Crippen LogP contribution in [0.25, 0.3) is 0 Å². The van der Waals surface area contributed by atoms with Crippen molar-refractivity contribution in [3.63, 3.8) is 0 Å². The van der Waals surface area contributed by atoms with Gasteiger partial charge in [0.05, 0.1) is 11.6 Å². The van der Waals surface area contributed by atoms with E-state index in [2.05, 4.69) is 41.0 Å². The molecule has 0 atom stereocenters. The molecule has 3 nitrogen and oxygen atoms in total. The maximum Gasteiger partial charge on any atom is 0.416 e. The van der Waals surface area contributed by atoms with Crippen molar-refractivity contribution in [3.05, 3.63) is 107 Å². The van der Waals surface area contributed by atoms with Gasteiger partial charge in [-0.25, -0.2) is 0 Å². The zero-order valence-corrected chi connectivity index (χ0v) is 17.9. The van der Waals surface area contributed by atoms with E-state index >= 15 is 0 Å². The van der Waals surface area contributed by atoms with Crippen LogP contribution in [-0.2, 0) is 11.0 Å². The fourth-order valence-electron chi connectivity index (χ4n) is 4.02. The zero-order valence-electron chi connectivity index (χ0n) is 17.9. The molecule has 1 aliphatic heterocycles. The first-order valence-corrected chi connectivity index (χ1v) is 10.7. The van der Waals surface area contributed by atoms with Gasteiger partial charge in [0.15, 0.2) is 0 Å². The number of nitrogens with zero attached hydrogens (tertiary/aromatic N) is 2. The Morgan fingerprint density at radius 1 is 0.758 bits per heavy atom. The van der Waals surface area contributed by atoms with Crippen LogP contribution in [0.2, 0.25) is 0 Å². The van der Waals surface area contributed by atoms with Crippen LogP contribution in [0.5, 0.6) is 0 Å². The highest BCUT2D eigenvalue weighted by Gasteiger charge is 2.30. The molecular formula is C27H23F3N2O. The number of amides is 1. The Bertz CT molecular complexity index is 1090. The van der Waals surface area contributed by atoms with E-state index in [1.54, 1.807) is 4.90 Å². The van der Waals surface area contributed by atoms with Crippen LogP contribution in [0.4, 0.5) is 13.2 Å². The van der Waals surface area contributed by atoms with Crippen LogP contribution in [0, 0.1) is 11.8 Å². The molecular weight excluding hydrogens is 425 g/mol. The summed E-state index contributed by atoms with van der Waals surface area (Å²) in [5.41, 5.74) is 2.04. The highest BCUT2D eigenvalue weighted by Crippen LogP contribution is 2.30. The van der Waals surface area contributed by atoms with Gasteiger partial charge in [-0.05, 0) is 35.4 Å². The third-order valence-electron chi connectivity index (χ3n) is 5.72. The van der Waals surface area contributed by atoms with Gasteiger partial charge in [0.1, 0.15) is 0 Å². The molecule has 0 unspecified atom stereocenters. The standard InChI is InChI=1S/C27H23F3N2O/c28-27(29,30)24-14-11-21(12-15-24)13-16-25(33)31-17-19-32(20-18-31)26(22-7-3-1-4-8-22)23-9-5-2-6-10-23/h1-12,14-15,26H,17-20H2. The zero-order chi connectivity index (χ0) is 23.3. The summed E-state index contributed by atoms with van der Waals surface area (Å²) >= 11 is 0. The number of hydrogen-bond acceptors (Lipinski definition) is 2. The van der Waals surface area contributed by atoms with E-state index < -0.39 is 11.7 Å². The van der Waals surface area contributed by atoms with Crippen molar-refractivity contribution in [1.29, 1.82) is 0 Å². The maximum atomic E-state index is 12.7. The van der Waals surface area contributed by atoms with E-state index in [-0.39, 0.29) is 11.9 Å². The molecule has 0 saturated carbocycles. The lowest BCUT2D eigenvalue weighted by Gasteiger charge is -2.39. The smallest absolute Gasteiger partial charge is 0.329 e. The van der Waals surface area contributed by atoms with E-state index in [9.17, 15) is 18.0 Å². The summed E-state index contributed by atoms with van der Waals surface area (Å²) < 4.78 is 38.0. The van der Waals surface area contributed by atoms with Crippen molar-refractivity contribution in [3.8, 4) is 11.8 Å². The van der Waals surface area contributed by atoms with Crippen molar-refractivity contribution in [2.24, 2.45) is 0 Å². The Morgan fingerprint density at radius 2 is 1.27 bits per heavy atom. The minimum absolute atomic E-state index is 0.0999. The van der Waals surface area contributed by atoms with E-state index in [4.69, 9.17) is 0 Å². The second-order valence-electron chi connectivity index (χ2n) is 7.88. The van der Waals surface area contributed by atoms with E-state index in [1.165, 1.54) is 23.3 Å². The van der Waals surface area contributed by atoms with Gasteiger partial charge in [-0.2, -0.15) is 13.2 Å². The lowest BCUT2D eigenvalue weighted by atomic mass is 9.96. The third kappa shape index (κ3) is 5.63. The molecule has 168 valence electrons. The largest absolute Gasteiger partial charge is 0.416 e. The normalized spacial score (nSPS) is 14.6. The Balaban J connectivity index is 1.42. The van der Waals surface area contributed by atoms with Gasteiger partial charge in [-0.3, -0.25) is 9.69 Å². The molecule has 3 aromatic carbocycles. The predicted octanol–water partition coefficient (Wildman–Crippen LogP) is 4.99. The van der Waals surface area contributed by atoms with Crippen molar-refractivity contribution in [2.45, 2.75) is 12.2 Å². The molecule has 6 heteroatoms. The second kappa shape index (κ2) is 9.93. The number of piperazine rings is 1. The Morgan fingerprint density at radius 3 is 1.76 bits per heavy atom. The molecule has 0 radical (unpaired) electrons. The molecule has 1 heterocycles. The maximum absolute atomic E-state index is 12.7. The number of carbonyl (C=O) groups excluding carboxylic acids is 1. The van der Waals surface area contributed by atoms with Crippen LogP contribution in [0.3, 0.4) is 0 Å². The SMILES string of the molecule is O=C(C#Cc1ccc(C(F)(F)F)cc1)N1CCN(C(c2ccccc2)c2ccccc2)CC1. The van der Waals surface area contributed by atoms with Gasteiger partial charge in [0.25, 0.3) is 5.91 Å².